The molecule has 0 fully saturated rings. The van der Waals surface area contributed by atoms with Crippen LogP contribution in [0, 0.1) is 6.92 Å². The topological polar surface area (TPSA) is 101 Å². The number of methoxy groups -OCH3 is 2. The van der Waals surface area contributed by atoms with Gasteiger partial charge >= 0.3 is 10.1 Å². The second-order valence-corrected chi connectivity index (χ2v) is 12.7. The van der Waals surface area contributed by atoms with E-state index in [9.17, 15) is 16.8 Å². The van der Waals surface area contributed by atoms with Crippen LogP contribution < -0.4 is 13.7 Å². The SMILES string of the molecule is COc1cc(-c2ccc3c(ccn3S(=O)(=O)c3ccc(C)cc3)c2)c(OC)cc1-c1ccc(OS(C)(=O)=O)cc1. The van der Waals surface area contributed by atoms with E-state index in [-0.39, 0.29) is 10.6 Å². The minimum absolute atomic E-state index is 0.207. The van der Waals surface area contributed by atoms with Gasteiger partial charge in [0.1, 0.15) is 17.2 Å². The summed E-state index contributed by atoms with van der Waals surface area (Å²) >= 11 is 0. The summed E-state index contributed by atoms with van der Waals surface area (Å²) in [5.74, 6) is 1.36. The Balaban J connectivity index is 1.54. The molecule has 4 aromatic carbocycles. The molecule has 0 saturated carbocycles. The highest BCUT2D eigenvalue weighted by Gasteiger charge is 2.20. The molecule has 5 rings (SSSR count). The first-order valence-corrected chi connectivity index (χ1v) is 15.5. The van der Waals surface area contributed by atoms with Crippen molar-refractivity contribution in [3.05, 3.63) is 96.7 Å². The van der Waals surface area contributed by atoms with Gasteiger partial charge in [-0.05, 0) is 72.6 Å². The quantitative estimate of drug-likeness (QED) is 0.212. The summed E-state index contributed by atoms with van der Waals surface area (Å²) in [5, 5.41) is 0.750. The van der Waals surface area contributed by atoms with Crippen LogP contribution in [-0.4, -0.2) is 41.3 Å². The number of fused-ring (bicyclic) bond motifs is 1. The summed E-state index contributed by atoms with van der Waals surface area (Å²) in [5.41, 5.74) is 4.63. The first-order chi connectivity index (χ1) is 19.0. The van der Waals surface area contributed by atoms with Crippen molar-refractivity contribution in [2.24, 2.45) is 0 Å². The molecular weight excluding hydrogens is 550 g/mol. The minimum Gasteiger partial charge on any atom is -0.496 e. The van der Waals surface area contributed by atoms with E-state index in [2.05, 4.69) is 0 Å². The third-order valence-electron chi connectivity index (χ3n) is 6.48. The summed E-state index contributed by atoms with van der Waals surface area (Å²) in [7, 11) is -4.26. The van der Waals surface area contributed by atoms with E-state index in [0.29, 0.717) is 17.0 Å². The number of ether oxygens (including phenoxy) is 2. The Bertz CT molecular complexity index is 1930. The Labute approximate surface area is 233 Å². The van der Waals surface area contributed by atoms with E-state index in [4.69, 9.17) is 13.7 Å². The molecule has 0 amide bonds. The molecule has 0 aliphatic rings. The molecule has 1 heterocycles. The summed E-state index contributed by atoms with van der Waals surface area (Å²) in [6, 6.07) is 24.4. The molecule has 206 valence electrons. The minimum atomic E-state index is -3.76. The second-order valence-electron chi connectivity index (χ2n) is 9.27. The third kappa shape index (κ3) is 5.28. The van der Waals surface area contributed by atoms with E-state index in [1.807, 2.05) is 31.2 Å². The first-order valence-electron chi connectivity index (χ1n) is 12.2. The first kappa shape index (κ1) is 27.3. The standard InChI is InChI=1S/C30H27NO7S2/c1-20-5-12-25(13-6-20)40(34,35)31-16-15-23-17-22(9-14-28(23)31)27-19-29(36-2)26(18-30(27)37-3)21-7-10-24(11-8-21)38-39(4,32)33/h5-19H,1-4H3. The molecule has 0 radical (unpaired) electrons. The number of benzene rings is 4. The van der Waals surface area contributed by atoms with Gasteiger partial charge in [-0.25, -0.2) is 12.4 Å². The van der Waals surface area contributed by atoms with Crippen LogP contribution in [-0.2, 0) is 20.1 Å². The Hall–Kier alpha value is -4.28. The van der Waals surface area contributed by atoms with Crippen molar-refractivity contribution in [1.29, 1.82) is 0 Å². The molecule has 10 heteroatoms. The average molecular weight is 578 g/mol. The molecule has 0 unspecified atom stereocenters. The highest BCUT2D eigenvalue weighted by atomic mass is 32.2. The molecule has 0 N–H and O–H groups in total. The molecule has 5 aromatic rings. The monoisotopic (exact) mass is 577 g/mol. The lowest BCUT2D eigenvalue weighted by Crippen LogP contribution is -2.11. The summed E-state index contributed by atoms with van der Waals surface area (Å²) in [4.78, 5) is 0.220. The fourth-order valence-electron chi connectivity index (χ4n) is 4.53. The Kier molecular flexibility index (Phi) is 7.07. The smallest absolute Gasteiger partial charge is 0.306 e. The lowest BCUT2D eigenvalue weighted by Gasteiger charge is -2.16. The largest absolute Gasteiger partial charge is 0.496 e. The van der Waals surface area contributed by atoms with Crippen molar-refractivity contribution in [1.82, 2.24) is 3.97 Å². The predicted octanol–water partition coefficient (Wildman–Crippen LogP) is 5.88. The fourth-order valence-corrected chi connectivity index (χ4v) is 6.35. The molecule has 0 bridgehead atoms. The molecule has 0 atom stereocenters. The molecule has 0 aliphatic carbocycles. The maximum atomic E-state index is 13.3. The third-order valence-corrected chi connectivity index (χ3v) is 8.68. The predicted molar refractivity (Wildman–Crippen MR) is 155 cm³/mol. The molecule has 0 aliphatic heterocycles. The summed E-state index contributed by atoms with van der Waals surface area (Å²) in [6.45, 7) is 1.91. The molecular formula is C30H27NO7S2. The van der Waals surface area contributed by atoms with Crippen molar-refractivity contribution in [2.75, 3.05) is 20.5 Å². The van der Waals surface area contributed by atoms with Crippen LogP contribution in [0.2, 0.25) is 0 Å². The molecule has 1 aromatic heterocycles. The van der Waals surface area contributed by atoms with Gasteiger partial charge in [-0.3, -0.25) is 0 Å². The van der Waals surface area contributed by atoms with Crippen molar-refractivity contribution in [3.8, 4) is 39.5 Å². The van der Waals surface area contributed by atoms with E-state index in [1.54, 1.807) is 81.1 Å². The van der Waals surface area contributed by atoms with Crippen LogP contribution in [0.25, 0.3) is 33.2 Å². The van der Waals surface area contributed by atoms with Gasteiger partial charge in [-0.1, -0.05) is 35.9 Å². The van der Waals surface area contributed by atoms with Crippen LogP contribution in [0.15, 0.2) is 96.0 Å². The van der Waals surface area contributed by atoms with Gasteiger partial charge in [0, 0.05) is 22.7 Å². The molecule has 0 saturated heterocycles. The lowest BCUT2D eigenvalue weighted by molar-refractivity contribution is 0.406. The van der Waals surface area contributed by atoms with Crippen LogP contribution in [0.5, 0.6) is 17.2 Å². The second kappa shape index (κ2) is 10.4. The van der Waals surface area contributed by atoms with Gasteiger partial charge in [0.25, 0.3) is 10.0 Å². The van der Waals surface area contributed by atoms with Crippen molar-refractivity contribution >= 4 is 31.0 Å². The lowest BCUT2D eigenvalue weighted by atomic mass is 9.97. The normalized spacial score (nSPS) is 11.9. The zero-order chi connectivity index (χ0) is 28.7. The van der Waals surface area contributed by atoms with Crippen LogP contribution in [0.3, 0.4) is 0 Å². The number of nitrogens with zero attached hydrogens (tertiary/aromatic N) is 1. The zero-order valence-electron chi connectivity index (χ0n) is 22.3. The van der Waals surface area contributed by atoms with Crippen LogP contribution in [0.1, 0.15) is 5.56 Å². The number of rotatable bonds is 8. The Morgan fingerprint density at radius 2 is 1.25 bits per heavy atom. The van der Waals surface area contributed by atoms with Gasteiger partial charge in [-0.15, -0.1) is 0 Å². The van der Waals surface area contributed by atoms with E-state index in [0.717, 1.165) is 39.5 Å². The maximum absolute atomic E-state index is 13.3. The van der Waals surface area contributed by atoms with Crippen molar-refractivity contribution < 1.29 is 30.5 Å². The highest BCUT2D eigenvalue weighted by Crippen LogP contribution is 2.42. The van der Waals surface area contributed by atoms with Crippen LogP contribution in [0.4, 0.5) is 0 Å². The molecule has 40 heavy (non-hydrogen) atoms. The van der Waals surface area contributed by atoms with Gasteiger partial charge in [0.05, 0.1) is 30.9 Å². The number of aryl methyl sites for hydroxylation is 1. The Morgan fingerprint density at radius 1 is 0.675 bits per heavy atom. The van der Waals surface area contributed by atoms with Gasteiger partial charge in [0.2, 0.25) is 0 Å². The summed E-state index contributed by atoms with van der Waals surface area (Å²) < 4.78 is 67.1. The van der Waals surface area contributed by atoms with E-state index < -0.39 is 20.1 Å². The number of aromatic nitrogens is 1. The van der Waals surface area contributed by atoms with Crippen molar-refractivity contribution in [3.63, 3.8) is 0 Å². The summed E-state index contributed by atoms with van der Waals surface area (Å²) in [6.07, 6.45) is 2.55. The van der Waals surface area contributed by atoms with E-state index in [1.165, 1.54) is 3.97 Å². The van der Waals surface area contributed by atoms with Gasteiger partial charge in [-0.2, -0.15) is 8.42 Å². The fraction of sp³-hybridized carbons (Fsp3) is 0.133. The highest BCUT2D eigenvalue weighted by molar-refractivity contribution is 7.90. The zero-order valence-corrected chi connectivity index (χ0v) is 23.9. The van der Waals surface area contributed by atoms with Crippen LogP contribution >= 0.6 is 0 Å². The molecule has 0 spiro atoms. The van der Waals surface area contributed by atoms with Crippen molar-refractivity contribution in [2.45, 2.75) is 11.8 Å². The number of hydrogen-bond acceptors (Lipinski definition) is 7. The van der Waals surface area contributed by atoms with E-state index >= 15 is 0 Å². The van der Waals surface area contributed by atoms with Gasteiger partial charge in [0.15, 0.2) is 0 Å². The average Bonchev–Trinajstić information content (AvgIpc) is 3.36. The Morgan fingerprint density at radius 3 is 1.82 bits per heavy atom. The molecule has 8 nitrogen and oxygen atoms in total. The maximum Gasteiger partial charge on any atom is 0.306 e. The number of hydrogen-bond donors (Lipinski definition) is 0. The van der Waals surface area contributed by atoms with Gasteiger partial charge < -0.3 is 13.7 Å².